The van der Waals surface area contributed by atoms with E-state index in [0.29, 0.717) is 23.8 Å². The maximum absolute atomic E-state index is 12.7. The Balaban J connectivity index is 1.59. The minimum absolute atomic E-state index is 0.0547. The molecule has 1 atom stereocenters. The van der Waals surface area contributed by atoms with Gasteiger partial charge in [0.1, 0.15) is 5.69 Å². The number of carbonyl (C=O) groups excluding carboxylic acids is 1. The number of ether oxygens (including phenoxy) is 1. The highest BCUT2D eigenvalue weighted by Crippen LogP contribution is 2.27. The van der Waals surface area contributed by atoms with Crippen LogP contribution in [0.3, 0.4) is 0 Å². The Kier molecular flexibility index (Phi) is 4.79. The Morgan fingerprint density at radius 2 is 2.28 bits per heavy atom. The van der Waals surface area contributed by atoms with Crippen LogP contribution in [-0.2, 0) is 11.3 Å². The number of hydrogen-bond acceptors (Lipinski definition) is 3. The molecule has 4 rings (SSSR count). The SMILES string of the molecule is O=C(NC[C@H]1CCCO1)c1cc2sccc2n1Cc1cccc(Cl)c1. The fourth-order valence-corrected chi connectivity index (χ4v) is 4.29. The van der Waals surface area contributed by atoms with Crippen LogP contribution in [0.5, 0.6) is 0 Å². The number of benzene rings is 1. The second-order valence-electron chi connectivity index (χ2n) is 6.26. The van der Waals surface area contributed by atoms with Crippen LogP contribution < -0.4 is 5.32 Å². The first kappa shape index (κ1) is 16.6. The summed E-state index contributed by atoms with van der Waals surface area (Å²) in [5.41, 5.74) is 2.83. The normalized spacial score (nSPS) is 17.2. The third-order valence-electron chi connectivity index (χ3n) is 4.50. The largest absolute Gasteiger partial charge is 0.376 e. The van der Waals surface area contributed by atoms with E-state index in [0.717, 1.165) is 35.2 Å². The van der Waals surface area contributed by atoms with Crippen molar-refractivity contribution in [1.82, 2.24) is 9.88 Å². The number of carbonyl (C=O) groups is 1. The van der Waals surface area contributed by atoms with Crippen molar-refractivity contribution in [1.29, 1.82) is 0 Å². The molecule has 3 aromatic rings. The van der Waals surface area contributed by atoms with Crippen molar-refractivity contribution in [2.75, 3.05) is 13.2 Å². The first-order chi connectivity index (χ1) is 12.2. The van der Waals surface area contributed by atoms with E-state index in [1.807, 2.05) is 35.7 Å². The predicted octanol–water partition coefficient (Wildman–Crippen LogP) is 4.31. The fraction of sp³-hybridized carbons (Fsp3) is 0.316. The summed E-state index contributed by atoms with van der Waals surface area (Å²) in [6.45, 7) is 1.97. The molecule has 3 heterocycles. The minimum Gasteiger partial charge on any atom is -0.376 e. The summed E-state index contributed by atoms with van der Waals surface area (Å²) in [6, 6.07) is 11.8. The Hall–Kier alpha value is -1.82. The number of nitrogens with one attached hydrogen (secondary N) is 1. The second kappa shape index (κ2) is 7.20. The Morgan fingerprint density at radius 1 is 1.36 bits per heavy atom. The maximum atomic E-state index is 12.7. The third kappa shape index (κ3) is 3.59. The van der Waals surface area contributed by atoms with Gasteiger partial charge in [-0.1, -0.05) is 23.7 Å². The highest BCUT2D eigenvalue weighted by atomic mass is 35.5. The molecule has 2 aromatic heterocycles. The van der Waals surface area contributed by atoms with Gasteiger partial charge in [-0.25, -0.2) is 0 Å². The molecule has 4 nitrogen and oxygen atoms in total. The van der Waals surface area contributed by atoms with Crippen LogP contribution in [0.4, 0.5) is 0 Å². The van der Waals surface area contributed by atoms with Gasteiger partial charge in [-0.15, -0.1) is 11.3 Å². The van der Waals surface area contributed by atoms with Gasteiger partial charge in [0.2, 0.25) is 0 Å². The van der Waals surface area contributed by atoms with Crippen LogP contribution in [0, 0.1) is 0 Å². The molecule has 1 amide bonds. The zero-order chi connectivity index (χ0) is 17.2. The molecule has 0 spiro atoms. The molecule has 1 aliphatic rings. The zero-order valence-corrected chi connectivity index (χ0v) is 15.3. The van der Waals surface area contributed by atoms with E-state index >= 15 is 0 Å². The molecule has 130 valence electrons. The number of halogens is 1. The molecule has 0 saturated carbocycles. The minimum atomic E-state index is -0.0547. The molecule has 0 unspecified atom stereocenters. The Bertz CT molecular complexity index is 896. The molecule has 0 radical (unpaired) electrons. The lowest BCUT2D eigenvalue weighted by atomic mass is 10.2. The summed E-state index contributed by atoms with van der Waals surface area (Å²) in [7, 11) is 0. The number of nitrogens with zero attached hydrogens (tertiary/aromatic N) is 1. The highest BCUT2D eigenvalue weighted by molar-refractivity contribution is 7.17. The van der Waals surface area contributed by atoms with Crippen molar-refractivity contribution in [3.63, 3.8) is 0 Å². The van der Waals surface area contributed by atoms with Gasteiger partial charge >= 0.3 is 0 Å². The molecule has 1 aromatic carbocycles. The van der Waals surface area contributed by atoms with E-state index in [-0.39, 0.29) is 12.0 Å². The molecular weight excluding hydrogens is 356 g/mol. The lowest BCUT2D eigenvalue weighted by molar-refractivity contribution is 0.0851. The van der Waals surface area contributed by atoms with Crippen LogP contribution in [0.15, 0.2) is 41.8 Å². The first-order valence-electron chi connectivity index (χ1n) is 8.42. The Labute approximate surface area is 155 Å². The molecule has 1 N–H and O–H groups in total. The number of hydrogen-bond donors (Lipinski definition) is 1. The fourth-order valence-electron chi connectivity index (χ4n) is 3.26. The van der Waals surface area contributed by atoms with Gasteiger partial charge < -0.3 is 14.6 Å². The summed E-state index contributed by atoms with van der Waals surface area (Å²) in [5.74, 6) is -0.0547. The third-order valence-corrected chi connectivity index (χ3v) is 5.59. The summed E-state index contributed by atoms with van der Waals surface area (Å²) in [6.07, 6.45) is 2.22. The van der Waals surface area contributed by atoms with Crippen LogP contribution in [-0.4, -0.2) is 29.7 Å². The van der Waals surface area contributed by atoms with Crippen molar-refractivity contribution in [3.05, 3.63) is 58.1 Å². The van der Waals surface area contributed by atoms with E-state index in [1.54, 1.807) is 11.3 Å². The first-order valence-corrected chi connectivity index (χ1v) is 9.67. The quantitative estimate of drug-likeness (QED) is 0.723. The lowest BCUT2D eigenvalue weighted by Gasteiger charge is -2.13. The van der Waals surface area contributed by atoms with Gasteiger partial charge in [0.05, 0.1) is 16.3 Å². The van der Waals surface area contributed by atoms with Crippen LogP contribution in [0.2, 0.25) is 5.02 Å². The van der Waals surface area contributed by atoms with Gasteiger partial charge in [0.15, 0.2) is 0 Å². The van der Waals surface area contributed by atoms with Crippen LogP contribution >= 0.6 is 22.9 Å². The van der Waals surface area contributed by atoms with E-state index in [4.69, 9.17) is 16.3 Å². The van der Waals surface area contributed by atoms with Gasteiger partial charge in [-0.05, 0) is 48.1 Å². The van der Waals surface area contributed by atoms with Crippen molar-refractivity contribution in [3.8, 4) is 0 Å². The van der Waals surface area contributed by atoms with Crippen LogP contribution in [0.1, 0.15) is 28.9 Å². The summed E-state index contributed by atoms with van der Waals surface area (Å²) >= 11 is 7.75. The summed E-state index contributed by atoms with van der Waals surface area (Å²) < 4.78 is 8.76. The molecule has 1 saturated heterocycles. The number of amides is 1. The van der Waals surface area contributed by atoms with Crippen molar-refractivity contribution < 1.29 is 9.53 Å². The molecule has 1 fully saturated rings. The highest BCUT2D eigenvalue weighted by Gasteiger charge is 2.20. The number of thiophene rings is 1. The Morgan fingerprint density at radius 3 is 3.08 bits per heavy atom. The zero-order valence-electron chi connectivity index (χ0n) is 13.7. The molecule has 0 bridgehead atoms. The van der Waals surface area contributed by atoms with Crippen LogP contribution in [0.25, 0.3) is 10.2 Å². The molecule has 25 heavy (non-hydrogen) atoms. The van der Waals surface area contributed by atoms with Gasteiger partial charge in [-0.3, -0.25) is 4.79 Å². The van der Waals surface area contributed by atoms with Crippen molar-refractivity contribution in [2.24, 2.45) is 0 Å². The molecule has 6 heteroatoms. The van der Waals surface area contributed by atoms with Gasteiger partial charge in [0.25, 0.3) is 5.91 Å². The standard InChI is InChI=1S/C19H19ClN2O2S/c20-14-4-1-3-13(9-14)12-22-16-6-8-25-18(16)10-17(22)19(23)21-11-15-5-2-7-24-15/h1,3-4,6,8-10,15H,2,5,7,11-12H2,(H,21,23)/t15-/m1/s1. The predicted molar refractivity (Wildman–Crippen MR) is 102 cm³/mol. The van der Waals surface area contributed by atoms with Gasteiger partial charge in [0, 0.05) is 24.7 Å². The average Bonchev–Trinajstić information content (AvgIpc) is 3.31. The molecule has 0 aliphatic carbocycles. The monoisotopic (exact) mass is 374 g/mol. The number of aromatic nitrogens is 1. The molecule has 1 aliphatic heterocycles. The number of fused-ring (bicyclic) bond motifs is 1. The second-order valence-corrected chi connectivity index (χ2v) is 7.64. The molecular formula is C19H19ClN2O2S. The summed E-state index contributed by atoms with van der Waals surface area (Å²) in [4.78, 5) is 12.7. The number of rotatable bonds is 5. The van der Waals surface area contributed by atoms with E-state index in [2.05, 4.69) is 16.0 Å². The topological polar surface area (TPSA) is 43.3 Å². The average molecular weight is 375 g/mol. The van der Waals surface area contributed by atoms with Crippen molar-refractivity contribution in [2.45, 2.75) is 25.5 Å². The van der Waals surface area contributed by atoms with E-state index in [9.17, 15) is 4.79 Å². The maximum Gasteiger partial charge on any atom is 0.268 e. The van der Waals surface area contributed by atoms with E-state index < -0.39 is 0 Å². The van der Waals surface area contributed by atoms with Gasteiger partial charge in [-0.2, -0.15) is 0 Å². The van der Waals surface area contributed by atoms with Crippen molar-refractivity contribution >= 4 is 39.1 Å². The van der Waals surface area contributed by atoms with E-state index in [1.165, 1.54) is 0 Å². The lowest BCUT2D eigenvalue weighted by Crippen LogP contribution is -2.33. The smallest absolute Gasteiger partial charge is 0.268 e. The summed E-state index contributed by atoms with van der Waals surface area (Å²) in [5, 5.41) is 5.78.